The van der Waals surface area contributed by atoms with Crippen molar-refractivity contribution >= 4 is 5.97 Å². The number of hydrogen-bond donors (Lipinski definition) is 0. The molecule has 0 bridgehead atoms. The van der Waals surface area contributed by atoms with Crippen molar-refractivity contribution in [2.24, 2.45) is 52.3 Å². The van der Waals surface area contributed by atoms with Crippen LogP contribution in [0.1, 0.15) is 208 Å². The van der Waals surface area contributed by atoms with E-state index < -0.39 is 0 Å². The first-order valence-corrected chi connectivity index (χ1v) is 21.5. The second-order valence-corrected chi connectivity index (χ2v) is 18.4. The predicted octanol–water partition coefficient (Wildman–Crippen LogP) is 14.1. The third-order valence-electron chi connectivity index (χ3n) is 14.8. The molecule has 0 aromatic carbocycles. The molecule has 0 spiro atoms. The highest BCUT2D eigenvalue weighted by Crippen LogP contribution is 2.68. The first-order valence-electron chi connectivity index (χ1n) is 21.5. The summed E-state index contributed by atoms with van der Waals surface area (Å²) in [7, 11) is 0. The summed E-state index contributed by atoms with van der Waals surface area (Å²) >= 11 is 0. The Kier molecular flexibility index (Phi) is 16.2. The van der Waals surface area contributed by atoms with Gasteiger partial charge in [0.15, 0.2) is 0 Å². The maximum atomic E-state index is 12.8. The molecule has 0 radical (unpaired) electrons. The van der Waals surface area contributed by atoms with Gasteiger partial charge in [0, 0.05) is 6.42 Å². The third-order valence-corrected chi connectivity index (χ3v) is 14.8. The van der Waals surface area contributed by atoms with Gasteiger partial charge >= 0.3 is 5.97 Å². The van der Waals surface area contributed by atoms with E-state index >= 15 is 0 Å². The van der Waals surface area contributed by atoms with Gasteiger partial charge in [0.2, 0.25) is 0 Å². The second kappa shape index (κ2) is 19.6. The molecule has 2 nitrogen and oxygen atoms in total. The normalized spacial score (nSPS) is 34.3. The molecule has 9 atom stereocenters. The quantitative estimate of drug-likeness (QED) is 0.0700. The lowest BCUT2D eigenvalue weighted by molar-refractivity contribution is -0.162. The number of unbranched alkanes of at least 4 members (excludes halogenated alkanes) is 11. The smallest absolute Gasteiger partial charge is 0.306 e. The van der Waals surface area contributed by atoms with Gasteiger partial charge in [-0.15, -0.1) is 0 Å². The summed E-state index contributed by atoms with van der Waals surface area (Å²) in [5.41, 5.74) is 1.05. The molecule has 4 saturated carbocycles. The van der Waals surface area contributed by atoms with Gasteiger partial charge in [-0.25, -0.2) is 0 Å². The van der Waals surface area contributed by atoms with Crippen molar-refractivity contribution in [2.45, 2.75) is 215 Å². The Hall–Kier alpha value is -0.790. The van der Waals surface area contributed by atoms with Gasteiger partial charge in [-0.05, 0) is 142 Å². The van der Waals surface area contributed by atoms with E-state index in [0.717, 1.165) is 60.7 Å². The molecule has 47 heavy (non-hydrogen) atoms. The van der Waals surface area contributed by atoms with Crippen molar-refractivity contribution in [3.8, 4) is 0 Å². The predicted molar refractivity (Wildman–Crippen MR) is 202 cm³/mol. The zero-order valence-electron chi connectivity index (χ0n) is 32.5. The topological polar surface area (TPSA) is 26.3 Å². The third kappa shape index (κ3) is 10.8. The number of fused-ring (bicyclic) bond motifs is 5. The maximum absolute atomic E-state index is 12.8. The van der Waals surface area contributed by atoms with Crippen molar-refractivity contribution in [1.82, 2.24) is 0 Å². The minimum atomic E-state index is 0.0814. The van der Waals surface area contributed by atoms with Crippen molar-refractivity contribution in [1.29, 1.82) is 0 Å². The Balaban J connectivity index is 1.10. The first kappa shape index (κ1) is 39.0. The van der Waals surface area contributed by atoms with Crippen LogP contribution in [-0.4, -0.2) is 12.1 Å². The van der Waals surface area contributed by atoms with Crippen LogP contribution < -0.4 is 0 Å². The number of ether oxygens (including phenoxy) is 1. The summed E-state index contributed by atoms with van der Waals surface area (Å²) in [6.45, 7) is 15.0. The Morgan fingerprint density at radius 3 is 2.04 bits per heavy atom. The molecule has 4 rings (SSSR count). The fourth-order valence-electron chi connectivity index (χ4n) is 11.9. The monoisotopic (exact) mass is 653 g/mol. The van der Waals surface area contributed by atoms with Gasteiger partial charge in [0.1, 0.15) is 6.10 Å². The molecule has 4 aliphatic rings. The van der Waals surface area contributed by atoms with Crippen molar-refractivity contribution < 1.29 is 9.53 Å². The molecule has 4 aliphatic carbocycles. The summed E-state index contributed by atoms with van der Waals surface area (Å²) in [6.07, 6.45) is 38.9. The summed E-state index contributed by atoms with van der Waals surface area (Å²) in [6, 6.07) is 0. The van der Waals surface area contributed by atoms with Crippen LogP contribution in [0, 0.1) is 52.3 Å². The molecule has 4 fully saturated rings. The van der Waals surface area contributed by atoms with E-state index in [4.69, 9.17) is 4.74 Å². The number of rotatable bonds is 21. The number of carbonyl (C=O) groups excluding carboxylic acids is 1. The number of hydrogen-bond acceptors (Lipinski definition) is 2. The number of carbonyl (C=O) groups is 1. The zero-order chi connectivity index (χ0) is 33.7. The summed E-state index contributed by atoms with van der Waals surface area (Å²) < 4.78 is 6.17. The Morgan fingerprint density at radius 1 is 0.702 bits per heavy atom. The van der Waals surface area contributed by atoms with E-state index in [1.807, 2.05) is 0 Å². The molecule has 0 aromatic rings. The van der Waals surface area contributed by atoms with E-state index in [2.05, 4.69) is 53.7 Å². The molecular formula is C45H80O2. The van der Waals surface area contributed by atoms with Gasteiger partial charge in [0.05, 0.1) is 0 Å². The molecule has 3 unspecified atom stereocenters. The largest absolute Gasteiger partial charge is 0.462 e. The Bertz CT molecular complexity index is 921. The highest BCUT2D eigenvalue weighted by molar-refractivity contribution is 5.69. The summed E-state index contributed by atoms with van der Waals surface area (Å²) in [5, 5.41) is 0. The van der Waals surface area contributed by atoms with Crippen LogP contribution >= 0.6 is 0 Å². The van der Waals surface area contributed by atoms with Crippen LogP contribution in [0.4, 0.5) is 0 Å². The molecule has 0 amide bonds. The van der Waals surface area contributed by atoms with Gasteiger partial charge < -0.3 is 4.74 Å². The maximum Gasteiger partial charge on any atom is 0.306 e. The molecule has 2 heteroatoms. The molecule has 0 heterocycles. The fraction of sp³-hybridized carbons (Fsp3) is 0.933. The number of allylic oxidation sites excluding steroid dienone is 2. The Morgan fingerprint density at radius 2 is 1.34 bits per heavy atom. The Labute approximate surface area is 293 Å². The first-order chi connectivity index (χ1) is 22.7. The van der Waals surface area contributed by atoms with Gasteiger partial charge in [0.25, 0.3) is 0 Å². The minimum Gasteiger partial charge on any atom is -0.462 e. The second-order valence-electron chi connectivity index (χ2n) is 18.4. The van der Waals surface area contributed by atoms with Crippen molar-refractivity contribution in [3.63, 3.8) is 0 Å². The van der Waals surface area contributed by atoms with Gasteiger partial charge in [-0.2, -0.15) is 0 Å². The van der Waals surface area contributed by atoms with E-state index in [0.29, 0.717) is 17.3 Å². The van der Waals surface area contributed by atoms with E-state index in [1.54, 1.807) is 0 Å². The van der Waals surface area contributed by atoms with E-state index in [9.17, 15) is 4.79 Å². The molecule has 0 N–H and O–H groups in total. The molecule has 0 aromatic heterocycles. The van der Waals surface area contributed by atoms with Crippen LogP contribution in [0.25, 0.3) is 0 Å². The summed E-state index contributed by atoms with van der Waals surface area (Å²) in [4.78, 5) is 12.8. The van der Waals surface area contributed by atoms with Crippen molar-refractivity contribution in [3.05, 3.63) is 12.2 Å². The van der Waals surface area contributed by atoms with Crippen LogP contribution in [0.3, 0.4) is 0 Å². The average Bonchev–Trinajstić information content (AvgIpc) is 3.40. The lowest BCUT2D eigenvalue weighted by atomic mass is 9.44. The lowest BCUT2D eigenvalue weighted by Crippen LogP contribution is -2.54. The lowest BCUT2D eigenvalue weighted by Gasteiger charge is -2.61. The van der Waals surface area contributed by atoms with Crippen LogP contribution in [0.5, 0.6) is 0 Å². The fourth-order valence-corrected chi connectivity index (χ4v) is 11.9. The highest BCUT2D eigenvalue weighted by atomic mass is 16.5. The van der Waals surface area contributed by atoms with Gasteiger partial charge in [-0.1, -0.05) is 124 Å². The molecule has 0 aliphatic heterocycles. The van der Waals surface area contributed by atoms with Crippen molar-refractivity contribution in [2.75, 3.05) is 0 Å². The molecule has 272 valence electrons. The standard InChI is InChI=1S/C45H80O2/c1-7-8-9-10-11-12-13-14-15-16-17-18-19-20-21-25-43(46)47-38-30-32-44(5)37(34-38)26-27-39-41-29-28-40(36(4)24-22-23-35(2)3)45(41,6)33-31-42(39)44/h14-15,35-42H,7-13,16-34H2,1-6H3/b15-14+/t36?,37?,38-,39?,40+,41-,42-,44-,45+/m0/s1. The minimum absolute atomic E-state index is 0.0814. The molecular weight excluding hydrogens is 572 g/mol. The summed E-state index contributed by atoms with van der Waals surface area (Å²) in [5.74, 6) is 6.33. The van der Waals surface area contributed by atoms with E-state index in [-0.39, 0.29) is 12.1 Å². The molecule has 0 saturated heterocycles. The average molecular weight is 653 g/mol. The van der Waals surface area contributed by atoms with E-state index in [1.165, 1.54) is 141 Å². The van der Waals surface area contributed by atoms with Crippen LogP contribution in [0.2, 0.25) is 0 Å². The van der Waals surface area contributed by atoms with Crippen LogP contribution in [0.15, 0.2) is 12.2 Å². The van der Waals surface area contributed by atoms with Gasteiger partial charge in [-0.3, -0.25) is 4.79 Å². The van der Waals surface area contributed by atoms with Crippen LogP contribution in [-0.2, 0) is 9.53 Å². The SMILES string of the molecule is CCCCCCCC/C=C/CCCCCCCC(=O)O[C@H]1CC[C@@]2(C)C(CCC3[C@@H]4CC[C@H](C(C)CCCC(C)C)[C@@]4(C)CC[C@@H]32)C1. The zero-order valence-corrected chi connectivity index (χ0v) is 32.5. The number of esters is 1. The highest BCUT2D eigenvalue weighted by Gasteiger charge is 2.60.